The van der Waals surface area contributed by atoms with E-state index >= 15 is 0 Å². The summed E-state index contributed by atoms with van der Waals surface area (Å²) in [7, 11) is 4.93. The molecule has 0 fully saturated rings. The zero-order valence-corrected chi connectivity index (χ0v) is 30.4. The summed E-state index contributed by atoms with van der Waals surface area (Å²) in [5.41, 5.74) is 5.85. The molecule has 2 N–H and O–H groups in total. The summed E-state index contributed by atoms with van der Waals surface area (Å²) in [6.07, 6.45) is 5.22. The second-order valence-electron chi connectivity index (χ2n) is 13.0. The van der Waals surface area contributed by atoms with E-state index in [2.05, 4.69) is 33.4 Å². The van der Waals surface area contributed by atoms with Gasteiger partial charge in [0, 0.05) is 47.5 Å². The van der Waals surface area contributed by atoms with Crippen LogP contribution < -0.4 is 36.6 Å². The van der Waals surface area contributed by atoms with Gasteiger partial charge < -0.3 is 24.3 Å². The first-order valence-corrected chi connectivity index (χ1v) is 18.0. The SMILES string of the molecule is COc1cc2c(cc1OC)CN(CCc1ccc(NC(=O)c3cccc(C=c4[nH]c(=O)c(=Cc5sc6ccccc6c5C)n(C)c4=O)c3)cc1)CC2. The molecule has 9 nitrogen and oxygen atoms in total. The van der Waals surface area contributed by atoms with E-state index in [1.54, 1.807) is 69.0 Å². The molecule has 6 aromatic rings. The first-order chi connectivity index (χ1) is 25.2. The number of thiophene rings is 1. The molecule has 0 saturated heterocycles. The van der Waals surface area contributed by atoms with Crippen LogP contribution in [0.3, 0.4) is 0 Å². The van der Waals surface area contributed by atoms with E-state index in [4.69, 9.17) is 9.47 Å². The number of rotatable bonds is 9. The van der Waals surface area contributed by atoms with Crippen molar-refractivity contribution in [3.63, 3.8) is 0 Å². The second kappa shape index (κ2) is 14.9. The summed E-state index contributed by atoms with van der Waals surface area (Å²) < 4.78 is 13.5. The quantitative estimate of drug-likeness (QED) is 0.216. The number of aromatic amines is 1. The van der Waals surface area contributed by atoms with Crippen LogP contribution in [0.1, 0.15) is 43.1 Å². The lowest BCUT2D eigenvalue weighted by Crippen LogP contribution is -2.52. The van der Waals surface area contributed by atoms with Crippen molar-refractivity contribution in [3.05, 3.63) is 155 Å². The molecule has 0 saturated carbocycles. The minimum absolute atomic E-state index is 0.138. The van der Waals surface area contributed by atoms with Crippen LogP contribution in [0.15, 0.2) is 94.5 Å². The van der Waals surface area contributed by atoms with Gasteiger partial charge in [0.15, 0.2) is 11.5 Å². The maximum Gasteiger partial charge on any atom is 0.274 e. The number of hydrogen-bond acceptors (Lipinski definition) is 7. The fraction of sp³-hybridized carbons (Fsp3) is 0.214. The number of H-pyrrole nitrogens is 1. The number of aryl methyl sites for hydroxylation is 1. The minimum atomic E-state index is -0.370. The Morgan fingerprint density at radius 1 is 0.923 bits per heavy atom. The van der Waals surface area contributed by atoms with E-state index in [0.717, 1.165) is 64.5 Å². The lowest BCUT2D eigenvalue weighted by atomic mass is 9.98. The molecular weight excluding hydrogens is 673 g/mol. The lowest BCUT2D eigenvalue weighted by Gasteiger charge is -2.29. The summed E-state index contributed by atoms with van der Waals surface area (Å²) >= 11 is 1.58. The minimum Gasteiger partial charge on any atom is -0.493 e. The Morgan fingerprint density at radius 3 is 2.42 bits per heavy atom. The smallest absolute Gasteiger partial charge is 0.274 e. The molecule has 1 aliphatic heterocycles. The number of hydrogen-bond donors (Lipinski definition) is 2. The maximum absolute atomic E-state index is 13.4. The first-order valence-electron chi connectivity index (χ1n) is 17.2. The van der Waals surface area contributed by atoms with Crippen LogP contribution in [-0.4, -0.2) is 47.7 Å². The zero-order valence-electron chi connectivity index (χ0n) is 29.6. The molecule has 4 aromatic carbocycles. The second-order valence-corrected chi connectivity index (χ2v) is 14.1. The molecule has 1 amide bonds. The van der Waals surface area contributed by atoms with Crippen LogP contribution in [0.4, 0.5) is 5.69 Å². The molecule has 3 heterocycles. The van der Waals surface area contributed by atoms with Crippen molar-refractivity contribution < 1.29 is 14.3 Å². The van der Waals surface area contributed by atoms with Crippen LogP contribution in [0.25, 0.3) is 22.2 Å². The van der Waals surface area contributed by atoms with Crippen LogP contribution in [0.5, 0.6) is 11.5 Å². The number of amides is 1. The van der Waals surface area contributed by atoms with Crippen molar-refractivity contribution in [3.8, 4) is 11.5 Å². The van der Waals surface area contributed by atoms with E-state index in [-0.39, 0.29) is 27.7 Å². The molecule has 0 bridgehead atoms. The van der Waals surface area contributed by atoms with Gasteiger partial charge in [-0.3, -0.25) is 19.3 Å². The Morgan fingerprint density at radius 2 is 1.67 bits per heavy atom. The first kappa shape index (κ1) is 34.7. The van der Waals surface area contributed by atoms with Crippen molar-refractivity contribution in [1.29, 1.82) is 0 Å². The summed E-state index contributed by atoms with van der Waals surface area (Å²) in [5, 5.41) is 4.52. The van der Waals surface area contributed by atoms with E-state index in [1.165, 1.54) is 21.3 Å². The van der Waals surface area contributed by atoms with E-state index < -0.39 is 0 Å². The van der Waals surface area contributed by atoms with Crippen molar-refractivity contribution in [2.45, 2.75) is 26.3 Å². The number of nitrogens with one attached hydrogen (secondary N) is 2. The Hall–Kier alpha value is -5.71. The molecular formula is C42H40N4O5S. The van der Waals surface area contributed by atoms with Crippen LogP contribution in [0, 0.1) is 6.92 Å². The van der Waals surface area contributed by atoms with Gasteiger partial charge in [0.1, 0.15) is 10.7 Å². The number of aromatic nitrogens is 2. The number of carbonyl (C=O) groups is 1. The molecule has 0 spiro atoms. The van der Waals surface area contributed by atoms with Crippen LogP contribution in [-0.2, 0) is 26.4 Å². The highest BCUT2D eigenvalue weighted by Gasteiger charge is 2.19. The predicted octanol–water partition coefficient (Wildman–Crippen LogP) is 5.12. The summed E-state index contributed by atoms with van der Waals surface area (Å²) in [4.78, 5) is 45.9. The largest absolute Gasteiger partial charge is 0.493 e. The fourth-order valence-electron chi connectivity index (χ4n) is 6.71. The molecule has 0 unspecified atom stereocenters. The Balaban J connectivity index is 1.01. The zero-order chi connectivity index (χ0) is 36.4. The Labute approximate surface area is 305 Å². The van der Waals surface area contributed by atoms with Gasteiger partial charge in [-0.2, -0.15) is 0 Å². The lowest BCUT2D eigenvalue weighted by molar-refractivity contribution is 0.102. The number of ether oxygens (including phenoxy) is 2. The van der Waals surface area contributed by atoms with Gasteiger partial charge in [0.05, 0.1) is 14.2 Å². The van der Waals surface area contributed by atoms with Crippen LogP contribution >= 0.6 is 11.3 Å². The number of nitrogens with zero attached hydrogens (tertiary/aromatic N) is 2. The summed E-state index contributed by atoms with van der Waals surface area (Å²) in [6, 6.07) is 27.1. The molecule has 1 aliphatic rings. The highest BCUT2D eigenvalue weighted by atomic mass is 32.1. The van der Waals surface area contributed by atoms with Crippen LogP contribution in [0.2, 0.25) is 0 Å². The maximum atomic E-state index is 13.4. The van der Waals surface area contributed by atoms with E-state index in [1.807, 2.05) is 49.4 Å². The molecule has 0 aliphatic carbocycles. The Kier molecular flexibility index (Phi) is 9.93. The summed E-state index contributed by atoms with van der Waals surface area (Å²) in [5.74, 6) is 1.25. The molecule has 10 heteroatoms. The van der Waals surface area contributed by atoms with E-state index in [9.17, 15) is 14.4 Å². The van der Waals surface area contributed by atoms with Gasteiger partial charge >= 0.3 is 0 Å². The highest BCUT2D eigenvalue weighted by molar-refractivity contribution is 7.20. The van der Waals surface area contributed by atoms with Crippen molar-refractivity contribution in [2.24, 2.45) is 7.05 Å². The van der Waals surface area contributed by atoms with E-state index in [0.29, 0.717) is 16.8 Å². The third kappa shape index (κ3) is 7.21. The number of anilines is 1. The third-order valence-electron chi connectivity index (χ3n) is 9.71. The van der Waals surface area contributed by atoms with Crippen molar-refractivity contribution >= 4 is 45.2 Å². The van der Waals surface area contributed by atoms with Gasteiger partial charge in [-0.05, 0) is 108 Å². The summed E-state index contributed by atoms with van der Waals surface area (Å²) in [6.45, 7) is 4.78. The standard InChI is InChI=1S/C42H40N4O5S/c1-26-33-10-5-6-11-38(33)52-39(26)24-35-41(48)44-34(42(49)45(35)2)21-28-8-7-9-30(20-28)40(47)43-32-14-12-27(13-15-32)16-18-46-19-17-29-22-36(50-3)37(51-4)23-31(29)25-46/h5-15,20-24H,16-19,25H2,1-4H3,(H,43,47)(H,44,48). The van der Waals surface area contributed by atoms with Gasteiger partial charge in [0.2, 0.25) is 0 Å². The Bertz CT molecular complexity index is 2550. The average molecular weight is 713 g/mol. The number of carbonyl (C=O) groups excluding carboxylic acids is 1. The monoisotopic (exact) mass is 712 g/mol. The molecule has 52 heavy (non-hydrogen) atoms. The van der Waals surface area contributed by atoms with Gasteiger partial charge in [-0.25, -0.2) is 0 Å². The molecule has 7 rings (SSSR count). The average Bonchev–Trinajstić information content (AvgIpc) is 3.48. The normalized spacial score (nSPS) is 13.7. The van der Waals surface area contributed by atoms with Gasteiger partial charge in [-0.1, -0.05) is 42.5 Å². The number of methoxy groups -OCH3 is 2. The molecule has 0 radical (unpaired) electrons. The fourth-order valence-corrected chi connectivity index (χ4v) is 7.86. The topological polar surface area (TPSA) is 106 Å². The third-order valence-corrected chi connectivity index (χ3v) is 10.9. The number of benzene rings is 4. The molecule has 0 atom stereocenters. The highest BCUT2D eigenvalue weighted by Crippen LogP contribution is 2.33. The molecule has 2 aromatic heterocycles. The van der Waals surface area contributed by atoms with Crippen molar-refractivity contribution in [2.75, 3.05) is 32.6 Å². The molecule has 264 valence electrons. The van der Waals surface area contributed by atoms with Gasteiger partial charge in [-0.15, -0.1) is 11.3 Å². The van der Waals surface area contributed by atoms with Crippen molar-refractivity contribution in [1.82, 2.24) is 14.5 Å². The number of fused-ring (bicyclic) bond motifs is 2. The van der Waals surface area contributed by atoms with Gasteiger partial charge in [0.25, 0.3) is 17.0 Å². The predicted molar refractivity (Wildman–Crippen MR) is 208 cm³/mol.